The summed E-state index contributed by atoms with van der Waals surface area (Å²) in [5, 5.41) is 4.97. The molecule has 0 spiro atoms. The molecule has 152 valence electrons. The Morgan fingerprint density at radius 3 is 2.21 bits per heavy atom. The van der Waals surface area contributed by atoms with Gasteiger partial charge in [-0.25, -0.2) is 4.68 Å². The third-order valence-electron chi connectivity index (χ3n) is 5.71. The molecule has 5 nitrogen and oxygen atoms in total. The van der Waals surface area contributed by atoms with Gasteiger partial charge in [-0.15, -0.1) is 0 Å². The summed E-state index contributed by atoms with van der Waals surface area (Å²) in [5.41, 5.74) is 4.98. The summed E-state index contributed by atoms with van der Waals surface area (Å²) in [6, 6.07) is 8.27. The number of amides is 1. The van der Waals surface area contributed by atoms with Crippen LogP contribution >= 0.6 is 0 Å². The maximum Gasteiger partial charge on any atom is 0.257 e. The highest BCUT2D eigenvalue weighted by Gasteiger charge is 2.32. The van der Waals surface area contributed by atoms with Gasteiger partial charge in [-0.05, 0) is 36.9 Å². The van der Waals surface area contributed by atoms with Crippen LogP contribution < -0.4 is 0 Å². The number of benzene rings is 1. The molecule has 1 aromatic heterocycles. The number of hydrogen-bond acceptors (Lipinski definition) is 3. The largest absolute Gasteiger partial charge is 0.336 e. The summed E-state index contributed by atoms with van der Waals surface area (Å²) in [7, 11) is 0. The Balaban J connectivity index is 2.09. The molecule has 1 aromatic carbocycles. The van der Waals surface area contributed by atoms with Gasteiger partial charge in [-0.1, -0.05) is 52.8 Å². The molecule has 0 bridgehead atoms. The lowest BCUT2D eigenvalue weighted by Gasteiger charge is -2.34. The molecule has 0 aliphatic carbocycles. The standard InChI is InChI=1S/C23H34N4O/c1-7-25-12-14-26(15-13-25)23(28)20-21(16(2)3)24-27(22(20)17(4)5)19-11-9-8-10-18(19)6/h8-11,16-17H,7,12-15H2,1-6H3. The van der Waals surface area contributed by atoms with E-state index in [0.717, 1.165) is 60.9 Å². The van der Waals surface area contributed by atoms with E-state index in [9.17, 15) is 4.79 Å². The normalized spacial score (nSPS) is 15.6. The molecular formula is C23H34N4O. The van der Waals surface area contributed by atoms with Crippen LogP contribution in [0.4, 0.5) is 0 Å². The molecule has 1 saturated heterocycles. The van der Waals surface area contributed by atoms with E-state index in [-0.39, 0.29) is 17.7 Å². The van der Waals surface area contributed by atoms with Crippen molar-refractivity contribution in [3.05, 3.63) is 46.8 Å². The third-order valence-corrected chi connectivity index (χ3v) is 5.71. The Morgan fingerprint density at radius 2 is 1.68 bits per heavy atom. The van der Waals surface area contributed by atoms with E-state index in [2.05, 4.69) is 58.6 Å². The lowest BCUT2D eigenvalue weighted by molar-refractivity contribution is 0.0640. The third kappa shape index (κ3) is 3.86. The predicted molar refractivity (Wildman–Crippen MR) is 114 cm³/mol. The van der Waals surface area contributed by atoms with E-state index in [0.29, 0.717) is 0 Å². The minimum Gasteiger partial charge on any atom is -0.336 e. The van der Waals surface area contributed by atoms with Gasteiger partial charge in [-0.3, -0.25) is 4.79 Å². The number of rotatable bonds is 5. The van der Waals surface area contributed by atoms with Crippen LogP contribution in [0.15, 0.2) is 24.3 Å². The number of carbonyl (C=O) groups excluding carboxylic acids is 1. The molecule has 2 heterocycles. The molecule has 1 fully saturated rings. The zero-order valence-corrected chi connectivity index (χ0v) is 18.2. The smallest absolute Gasteiger partial charge is 0.257 e. The molecule has 5 heteroatoms. The Kier molecular flexibility index (Phi) is 6.23. The van der Waals surface area contributed by atoms with Crippen molar-refractivity contribution in [3.63, 3.8) is 0 Å². The van der Waals surface area contributed by atoms with Crippen LogP contribution in [0.1, 0.15) is 73.8 Å². The molecule has 28 heavy (non-hydrogen) atoms. The Labute approximate surface area is 169 Å². The van der Waals surface area contributed by atoms with Crippen LogP contribution in [-0.4, -0.2) is 58.2 Å². The zero-order chi connectivity index (χ0) is 20.4. The van der Waals surface area contributed by atoms with E-state index in [4.69, 9.17) is 5.10 Å². The van der Waals surface area contributed by atoms with Crippen molar-refractivity contribution in [2.75, 3.05) is 32.7 Å². The first-order valence-electron chi connectivity index (χ1n) is 10.6. The minimum atomic E-state index is 0.142. The van der Waals surface area contributed by atoms with Gasteiger partial charge < -0.3 is 9.80 Å². The molecule has 2 aromatic rings. The number of carbonyl (C=O) groups is 1. The van der Waals surface area contributed by atoms with E-state index in [1.54, 1.807) is 0 Å². The summed E-state index contributed by atoms with van der Waals surface area (Å²) >= 11 is 0. The average Bonchev–Trinajstić information content (AvgIpc) is 3.09. The van der Waals surface area contributed by atoms with Crippen molar-refractivity contribution in [2.45, 2.75) is 53.4 Å². The minimum absolute atomic E-state index is 0.142. The molecule has 0 atom stereocenters. The highest BCUT2D eigenvalue weighted by molar-refractivity contribution is 5.97. The number of nitrogens with zero attached hydrogens (tertiary/aromatic N) is 4. The Hall–Kier alpha value is -2.14. The average molecular weight is 383 g/mol. The molecule has 0 saturated carbocycles. The maximum atomic E-state index is 13.6. The number of aryl methyl sites for hydroxylation is 1. The second-order valence-corrected chi connectivity index (χ2v) is 8.38. The zero-order valence-electron chi connectivity index (χ0n) is 18.2. The summed E-state index contributed by atoms with van der Waals surface area (Å²) in [6.45, 7) is 17.4. The van der Waals surface area contributed by atoms with Gasteiger partial charge in [0.25, 0.3) is 5.91 Å². The lowest BCUT2D eigenvalue weighted by Crippen LogP contribution is -2.48. The van der Waals surface area contributed by atoms with Crippen LogP contribution in [0, 0.1) is 6.92 Å². The van der Waals surface area contributed by atoms with Crippen molar-refractivity contribution in [3.8, 4) is 5.69 Å². The fourth-order valence-electron chi connectivity index (χ4n) is 4.02. The number of aromatic nitrogens is 2. The van der Waals surface area contributed by atoms with Gasteiger partial charge in [0.2, 0.25) is 0 Å². The van der Waals surface area contributed by atoms with Crippen LogP contribution in [0.5, 0.6) is 0 Å². The maximum absolute atomic E-state index is 13.6. The first-order valence-corrected chi connectivity index (χ1v) is 10.6. The summed E-state index contributed by atoms with van der Waals surface area (Å²) in [5.74, 6) is 0.539. The van der Waals surface area contributed by atoms with Crippen molar-refractivity contribution in [1.29, 1.82) is 0 Å². The van der Waals surface area contributed by atoms with E-state index >= 15 is 0 Å². The summed E-state index contributed by atoms with van der Waals surface area (Å²) in [6.07, 6.45) is 0. The van der Waals surface area contributed by atoms with Gasteiger partial charge in [0.1, 0.15) is 0 Å². The number of para-hydroxylation sites is 1. The highest BCUT2D eigenvalue weighted by Crippen LogP contribution is 2.32. The van der Waals surface area contributed by atoms with Crippen LogP contribution in [0.25, 0.3) is 5.69 Å². The van der Waals surface area contributed by atoms with Gasteiger partial charge in [0.15, 0.2) is 0 Å². The monoisotopic (exact) mass is 382 g/mol. The molecular weight excluding hydrogens is 348 g/mol. The first kappa shape index (κ1) is 20.6. The van der Waals surface area contributed by atoms with Gasteiger partial charge >= 0.3 is 0 Å². The SMILES string of the molecule is CCN1CCN(C(=O)c2c(C(C)C)nn(-c3ccccc3C)c2C(C)C)CC1. The molecule has 1 aliphatic rings. The summed E-state index contributed by atoms with van der Waals surface area (Å²) in [4.78, 5) is 18.0. The Morgan fingerprint density at radius 1 is 1.04 bits per heavy atom. The number of piperazine rings is 1. The summed E-state index contributed by atoms with van der Waals surface area (Å²) < 4.78 is 2.02. The second kappa shape index (κ2) is 8.48. The van der Waals surface area contributed by atoms with Crippen molar-refractivity contribution in [2.24, 2.45) is 0 Å². The Bertz CT molecular complexity index is 829. The van der Waals surface area contributed by atoms with Crippen LogP contribution in [0.3, 0.4) is 0 Å². The van der Waals surface area contributed by atoms with E-state index in [1.165, 1.54) is 0 Å². The second-order valence-electron chi connectivity index (χ2n) is 8.38. The fraction of sp³-hybridized carbons (Fsp3) is 0.565. The van der Waals surface area contributed by atoms with Crippen LogP contribution in [-0.2, 0) is 0 Å². The molecule has 3 rings (SSSR count). The van der Waals surface area contributed by atoms with Gasteiger partial charge in [-0.2, -0.15) is 5.10 Å². The quantitative estimate of drug-likeness (QED) is 0.778. The van der Waals surface area contributed by atoms with Crippen molar-refractivity contribution >= 4 is 5.91 Å². The van der Waals surface area contributed by atoms with E-state index < -0.39 is 0 Å². The molecule has 0 N–H and O–H groups in total. The molecule has 0 radical (unpaired) electrons. The lowest BCUT2D eigenvalue weighted by atomic mass is 9.97. The van der Waals surface area contributed by atoms with E-state index in [1.807, 2.05) is 21.7 Å². The number of likely N-dealkylation sites (N-methyl/N-ethyl adjacent to an activating group) is 1. The van der Waals surface area contributed by atoms with Crippen molar-refractivity contribution in [1.82, 2.24) is 19.6 Å². The van der Waals surface area contributed by atoms with Gasteiger partial charge in [0.05, 0.1) is 22.6 Å². The molecule has 0 unspecified atom stereocenters. The van der Waals surface area contributed by atoms with Crippen molar-refractivity contribution < 1.29 is 4.79 Å². The fourth-order valence-corrected chi connectivity index (χ4v) is 4.02. The van der Waals surface area contributed by atoms with Crippen LogP contribution in [0.2, 0.25) is 0 Å². The predicted octanol–water partition coefficient (Wildman–Crippen LogP) is 4.21. The highest BCUT2D eigenvalue weighted by atomic mass is 16.2. The number of hydrogen-bond donors (Lipinski definition) is 0. The first-order chi connectivity index (χ1) is 13.3. The van der Waals surface area contributed by atoms with Gasteiger partial charge in [0, 0.05) is 26.2 Å². The molecule has 1 aliphatic heterocycles. The molecule has 1 amide bonds. The topological polar surface area (TPSA) is 41.4 Å².